The lowest BCUT2D eigenvalue weighted by molar-refractivity contribution is 0.0374. The van der Waals surface area contributed by atoms with Crippen LogP contribution in [-0.2, 0) is 4.74 Å². The lowest BCUT2D eigenvalue weighted by atomic mass is 10.1. The quantitative estimate of drug-likeness (QED) is 0.768. The van der Waals surface area contributed by atoms with Gasteiger partial charge in [0.15, 0.2) is 5.69 Å². The molecule has 0 radical (unpaired) electrons. The molecule has 1 aliphatic rings. The minimum absolute atomic E-state index is 0.0385. The molecule has 7 nitrogen and oxygen atoms in total. The second kappa shape index (κ2) is 8.73. The van der Waals surface area contributed by atoms with Crippen LogP contribution in [0.3, 0.4) is 0 Å². The van der Waals surface area contributed by atoms with Crippen molar-refractivity contribution in [2.24, 2.45) is 0 Å². The summed E-state index contributed by atoms with van der Waals surface area (Å²) in [5, 5.41) is 11.0. The normalized spacial score (nSPS) is 16.5. The van der Waals surface area contributed by atoms with Crippen LogP contribution in [0.4, 0.5) is 0 Å². The van der Waals surface area contributed by atoms with Crippen molar-refractivity contribution in [1.82, 2.24) is 25.2 Å². The first-order chi connectivity index (χ1) is 12.2. The van der Waals surface area contributed by atoms with E-state index in [0.717, 1.165) is 44.8 Å². The van der Waals surface area contributed by atoms with Crippen LogP contribution in [0.2, 0.25) is 0 Å². The van der Waals surface area contributed by atoms with Gasteiger partial charge in [-0.3, -0.25) is 9.69 Å². The van der Waals surface area contributed by atoms with E-state index in [1.807, 2.05) is 37.3 Å². The summed E-state index contributed by atoms with van der Waals surface area (Å²) in [7, 11) is 0. The number of aromatic nitrogens is 3. The highest BCUT2D eigenvalue weighted by Gasteiger charge is 2.15. The summed E-state index contributed by atoms with van der Waals surface area (Å²) in [4.78, 5) is 14.6. The van der Waals surface area contributed by atoms with Crippen LogP contribution in [0.25, 0.3) is 0 Å². The zero-order valence-electron chi connectivity index (χ0n) is 14.6. The second-order valence-electron chi connectivity index (χ2n) is 6.23. The Kier molecular flexibility index (Phi) is 6.14. The summed E-state index contributed by atoms with van der Waals surface area (Å²) in [6.07, 6.45) is 2.62. The molecule has 1 atom stereocenters. The molecule has 25 heavy (non-hydrogen) atoms. The zero-order valence-corrected chi connectivity index (χ0v) is 14.6. The standard InChI is InChI=1S/C18H25N5O2/c1-15(16-6-3-2-4-7-16)23-14-17(20-21-23)18(24)19-8-5-9-22-10-12-25-13-11-22/h2-4,6-7,14-15H,5,8-13H2,1H3,(H,19,24)/t15-/m1/s1. The number of nitrogens with one attached hydrogen (secondary N) is 1. The Bertz CT molecular complexity index is 667. The molecule has 1 saturated heterocycles. The van der Waals surface area contributed by atoms with Crippen LogP contribution in [0.1, 0.15) is 35.4 Å². The van der Waals surface area contributed by atoms with E-state index in [0.29, 0.717) is 12.2 Å². The van der Waals surface area contributed by atoms with Crippen molar-refractivity contribution in [2.75, 3.05) is 39.4 Å². The molecule has 0 spiro atoms. The average molecular weight is 343 g/mol. The first-order valence-corrected chi connectivity index (χ1v) is 8.79. The van der Waals surface area contributed by atoms with Gasteiger partial charge in [-0.1, -0.05) is 35.5 Å². The van der Waals surface area contributed by atoms with Gasteiger partial charge in [0.05, 0.1) is 25.5 Å². The molecule has 1 aliphatic heterocycles. The lowest BCUT2D eigenvalue weighted by Gasteiger charge is -2.26. The molecule has 0 unspecified atom stereocenters. The van der Waals surface area contributed by atoms with Gasteiger partial charge in [-0.2, -0.15) is 0 Å². The number of hydrogen-bond donors (Lipinski definition) is 1. The monoisotopic (exact) mass is 343 g/mol. The molecule has 0 aliphatic carbocycles. The van der Waals surface area contributed by atoms with E-state index >= 15 is 0 Å². The summed E-state index contributed by atoms with van der Waals surface area (Å²) in [6, 6.07) is 10.1. The summed E-state index contributed by atoms with van der Waals surface area (Å²) in [6.45, 7) is 7.19. The number of rotatable bonds is 7. The lowest BCUT2D eigenvalue weighted by Crippen LogP contribution is -2.38. The fraction of sp³-hybridized carbons (Fsp3) is 0.500. The maximum Gasteiger partial charge on any atom is 0.273 e. The third-order valence-corrected chi connectivity index (χ3v) is 4.46. The van der Waals surface area contributed by atoms with Crippen LogP contribution in [0, 0.1) is 0 Å². The molecule has 0 saturated carbocycles. The summed E-state index contributed by atoms with van der Waals surface area (Å²) in [5.41, 5.74) is 1.49. The van der Waals surface area contributed by atoms with Crippen molar-refractivity contribution in [1.29, 1.82) is 0 Å². The predicted octanol–water partition coefficient (Wildman–Crippen LogP) is 1.34. The molecule has 7 heteroatoms. The minimum Gasteiger partial charge on any atom is -0.379 e. The van der Waals surface area contributed by atoms with E-state index in [1.54, 1.807) is 10.9 Å². The van der Waals surface area contributed by atoms with Crippen molar-refractivity contribution in [2.45, 2.75) is 19.4 Å². The fourth-order valence-electron chi connectivity index (χ4n) is 2.87. The van der Waals surface area contributed by atoms with Crippen molar-refractivity contribution < 1.29 is 9.53 Å². The molecular weight excluding hydrogens is 318 g/mol. The third-order valence-electron chi connectivity index (χ3n) is 4.46. The Labute approximate surface area is 148 Å². The number of morpholine rings is 1. The van der Waals surface area contributed by atoms with Gasteiger partial charge in [0, 0.05) is 19.6 Å². The number of nitrogens with zero attached hydrogens (tertiary/aromatic N) is 4. The second-order valence-corrected chi connectivity index (χ2v) is 6.23. The Hall–Kier alpha value is -2.25. The van der Waals surface area contributed by atoms with Gasteiger partial charge in [0.2, 0.25) is 0 Å². The van der Waals surface area contributed by atoms with Gasteiger partial charge in [-0.15, -0.1) is 5.10 Å². The fourth-order valence-corrected chi connectivity index (χ4v) is 2.87. The number of carbonyl (C=O) groups is 1. The largest absolute Gasteiger partial charge is 0.379 e. The average Bonchev–Trinajstić information content (AvgIpc) is 3.16. The molecule has 1 amide bonds. The summed E-state index contributed by atoms with van der Waals surface area (Å²) < 4.78 is 7.05. The Morgan fingerprint density at radius 1 is 1.28 bits per heavy atom. The van der Waals surface area contributed by atoms with Gasteiger partial charge >= 0.3 is 0 Å². The van der Waals surface area contributed by atoms with Gasteiger partial charge in [-0.05, 0) is 25.5 Å². The number of hydrogen-bond acceptors (Lipinski definition) is 5. The van der Waals surface area contributed by atoms with Crippen molar-refractivity contribution in [3.63, 3.8) is 0 Å². The van der Waals surface area contributed by atoms with Crippen LogP contribution < -0.4 is 5.32 Å². The van der Waals surface area contributed by atoms with Crippen LogP contribution in [0.5, 0.6) is 0 Å². The molecule has 3 rings (SSSR count). The molecular formula is C18H25N5O2. The number of benzene rings is 1. The Morgan fingerprint density at radius 2 is 2.04 bits per heavy atom. The first-order valence-electron chi connectivity index (χ1n) is 8.79. The van der Waals surface area contributed by atoms with Crippen LogP contribution >= 0.6 is 0 Å². The zero-order chi connectivity index (χ0) is 17.5. The molecule has 134 valence electrons. The Balaban J connectivity index is 1.45. The highest BCUT2D eigenvalue weighted by Crippen LogP contribution is 2.16. The molecule has 1 aromatic heterocycles. The molecule has 1 aromatic carbocycles. The van der Waals surface area contributed by atoms with Gasteiger partial charge in [0.25, 0.3) is 5.91 Å². The molecule has 1 fully saturated rings. The van der Waals surface area contributed by atoms with E-state index in [1.165, 1.54) is 0 Å². The number of ether oxygens (including phenoxy) is 1. The van der Waals surface area contributed by atoms with E-state index < -0.39 is 0 Å². The highest BCUT2D eigenvalue weighted by molar-refractivity contribution is 5.91. The Morgan fingerprint density at radius 3 is 2.80 bits per heavy atom. The molecule has 0 bridgehead atoms. The molecule has 1 N–H and O–H groups in total. The third kappa shape index (κ3) is 4.87. The van der Waals surface area contributed by atoms with E-state index in [2.05, 4.69) is 20.5 Å². The molecule has 2 aromatic rings. The highest BCUT2D eigenvalue weighted by atomic mass is 16.5. The van der Waals surface area contributed by atoms with Crippen molar-refractivity contribution in [3.05, 3.63) is 47.8 Å². The van der Waals surface area contributed by atoms with Crippen LogP contribution in [-0.4, -0.2) is 65.2 Å². The smallest absolute Gasteiger partial charge is 0.273 e. The van der Waals surface area contributed by atoms with Crippen LogP contribution in [0.15, 0.2) is 36.5 Å². The number of amides is 1. The number of carbonyl (C=O) groups excluding carboxylic acids is 1. The van der Waals surface area contributed by atoms with E-state index in [-0.39, 0.29) is 11.9 Å². The van der Waals surface area contributed by atoms with E-state index in [9.17, 15) is 4.79 Å². The van der Waals surface area contributed by atoms with Crippen molar-refractivity contribution in [3.8, 4) is 0 Å². The summed E-state index contributed by atoms with van der Waals surface area (Å²) >= 11 is 0. The van der Waals surface area contributed by atoms with E-state index in [4.69, 9.17) is 4.74 Å². The maximum absolute atomic E-state index is 12.2. The SMILES string of the molecule is C[C@H](c1ccccc1)n1cc(C(=O)NCCCN2CCOCC2)nn1. The maximum atomic E-state index is 12.2. The van der Waals surface area contributed by atoms with Crippen molar-refractivity contribution >= 4 is 5.91 Å². The first kappa shape index (κ1) is 17.6. The van der Waals surface area contributed by atoms with Gasteiger partial charge < -0.3 is 10.1 Å². The topological polar surface area (TPSA) is 72.3 Å². The summed E-state index contributed by atoms with van der Waals surface area (Å²) in [5.74, 6) is -0.173. The predicted molar refractivity (Wildman–Crippen MR) is 94.5 cm³/mol. The minimum atomic E-state index is -0.173. The molecule has 2 heterocycles. The van der Waals surface area contributed by atoms with Gasteiger partial charge in [-0.25, -0.2) is 4.68 Å². The van der Waals surface area contributed by atoms with Gasteiger partial charge in [0.1, 0.15) is 0 Å².